The molecule has 9 nitrogen and oxygen atoms in total. The smallest absolute Gasteiger partial charge is 0.308 e. The molecule has 0 spiro atoms. The predicted molar refractivity (Wildman–Crippen MR) is 101 cm³/mol. The normalized spacial score (nSPS) is 11.5. The molecule has 0 aliphatic carbocycles. The minimum absolute atomic E-state index is 0.115. The van der Waals surface area contributed by atoms with Crippen molar-refractivity contribution in [2.75, 3.05) is 6.54 Å². The third-order valence-electron chi connectivity index (χ3n) is 3.93. The van der Waals surface area contributed by atoms with Crippen LogP contribution in [0.3, 0.4) is 0 Å². The van der Waals surface area contributed by atoms with E-state index in [4.69, 9.17) is 4.74 Å². The number of carbonyl (C=O) groups excluding carboxylic acids is 1. The molecule has 3 aromatic rings. The van der Waals surface area contributed by atoms with E-state index >= 15 is 0 Å². The van der Waals surface area contributed by atoms with Gasteiger partial charge in [0.05, 0.1) is 16.7 Å². The molecule has 1 aromatic heterocycles. The molecular weight excluding hydrogens is 384 g/mol. The molecule has 0 unspecified atom stereocenters. The Morgan fingerprint density at radius 1 is 1.14 bits per heavy atom. The molecule has 0 atom stereocenters. The summed E-state index contributed by atoms with van der Waals surface area (Å²) in [7, 11) is -3.71. The maximum absolute atomic E-state index is 12.2. The molecule has 3 rings (SSSR count). The van der Waals surface area contributed by atoms with Crippen LogP contribution < -0.4 is 10.3 Å². The third kappa shape index (κ3) is 4.59. The zero-order valence-corrected chi connectivity index (χ0v) is 15.8. The Morgan fingerprint density at radius 3 is 2.61 bits per heavy atom. The average molecular weight is 402 g/mol. The average Bonchev–Trinajstić information content (AvgIpc) is 2.68. The molecule has 0 bridgehead atoms. The summed E-state index contributed by atoms with van der Waals surface area (Å²) in [6.45, 7) is 1.32. The molecule has 28 heavy (non-hydrogen) atoms. The van der Waals surface area contributed by atoms with Gasteiger partial charge in [-0.2, -0.15) is 4.68 Å². The fourth-order valence-electron chi connectivity index (χ4n) is 2.40. The van der Waals surface area contributed by atoms with Crippen molar-refractivity contribution in [3.63, 3.8) is 0 Å². The highest BCUT2D eigenvalue weighted by Gasteiger charge is 2.14. The van der Waals surface area contributed by atoms with Gasteiger partial charge in [-0.25, -0.2) is 13.1 Å². The Morgan fingerprint density at radius 2 is 1.86 bits per heavy atom. The number of hydrogen-bond donors (Lipinski definition) is 1. The van der Waals surface area contributed by atoms with Crippen LogP contribution in [0.15, 0.2) is 58.2 Å². The molecule has 10 heteroatoms. The first-order valence-electron chi connectivity index (χ1n) is 8.41. The summed E-state index contributed by atoms with van der Waals surface area (Å²) < 4.78 is 32.5. The van der Waals surface area contributed by atoms with Crippen LogP contribution in [0.1, 0.15) is 12.0 Å². The number of nitrogens with one attached hydrogen (secondary N) is 1. The quantitative estimate of drug-likeness (QED) is 0.585. The van der Waals surface area contributed by atoms with Crippen molar-refractivity contribution in [1.82, 2.24) is 19.7 Å². The first kappa shape index (κ1) is 19.6. The monoisotopic (exact) mass is 402 g/mol. The van der Waals surface area contributed by atoms with E-state index in [0.29, 0.717) is 10.9 Å². The minimum atomic E-state index is -3.71. The molecule has 0 aliphatic rings. The van der Waals surface area contributed by atoms with E-state index in [1.807, 2.05) is 6.92 Å². The van der Waals surface area contributed by atoms with Crippen LogP contribution in [0, 0.1) is 6.92 Å². The maximum atomic E-state index is 12.2. The zero-order chi connectivity index (χ0) is 20.1. The van der Waals surface area contributed by atoms with Gasteiger partial charge in [0.2, 0.25) is 10.0 Å². The summed E-state index contributed by atoms with van der Waals surface area (Å²) in [5, 5.41) is 7.95. The highest BCUT2D eigenvalue weighted by Crippen LogP contribution is 2.09. The lowest BCUT2D eigenvalue weighted by Gasteiger charge is -2.08. The van der Waals surface area contributed by atoms with Crippen LogP contribution in [0.25, 0.3) is 10.9 Å². The van der Waals surface area contributed by atoms with Crippen molar-refractivity contribution >= 4 is 26.9 Å². The van der Waals surface area contributed by atoms with Crippen LogP contribution in [0.5, 0.6) is 0 Å². The largest absolute Gasteiger partial charge is 0.442 e. The molecular formula is C18H18N4O5S. The van der Waals surface area contributed by atoms with Gasteiger partial charge in [0, 0.05) is 6.54 Å². The lowest BCUT2D eigenvalue weighted by molar-refractivity contribution is -0.147. The number of esters is 1. The maximum Gasteiger partial charge on any atom is 0.308 e. The number of nitrogens with zero attached hydrogens (tertiary/aromatic N) is 3. The second-order valence-corrected chi connectivity index (χ2v) is 7.78. The van der Waals surface area contributed by atoms with Crippen LogP contribution in [-0.4, -0.2) is 35.9 Å². The number of ether oxygens (including phenoxy) is 1. The van der Waals surface area contributed by atoms with E-state index in [1.165, 1.54) is 12.1 Å². The van der Waals surface area contributed by atoms with Gasteiger partial charge >= 0.3 is 5.97 Å². The van der Waals surface area contributed by atoms with Gasteiger partial charge in [-0.05, 0) is 31.2 Å². The lowest BCUT2D eigenvalue weighted by Crippen LogP contribution is -2.29. The van der Waals surface area contributed by atoms with E-state index < -0.39 is 28.3 Å². The van der Waals surface area contributed by atoms with E-state index in [2.05, 4.69) is 15.0 Å². The summed E-state index contributed by atoms with van der Waals surface area (Å²) >= 11 is 0. The topological polar surface area (TPSA) is 120 Å². The van der Waals surface area contributed by atoms with Crippen LogP contribution >= 0.6 is 0 Å². The van der Waals surface area contributed by atoms with E-state index in [9.17, 15) is 18.0 Å². The zero-order valence-electron chi connectivity index (χ0n) is 15.0. The first-order valence-corrected chi connectivity index (χ1v) is 9.90. The van der Waals surface area contributed by atoms with Gasteiger partial charge in [0.25, 0.3) is 5.56 Å². The van der Waals surface area contributed by atoms with Crippen molar-refractivity contribution in [2.45, 2.75) is 25.0 Å². The van der Waals surface area contributed by atoms with E-state index in [0.717, 1.165) is 10.2 Å². The Bertz CT molecular complexity index is 1160. The molecule has 2 aromatic carbocycles. The summed E-state index contributed by atoms with van der Waals surface area (Å²) in [6, 6.07) is 13.0. The predicted octanol–water partition coefficient (Wildman–Crippen LogP) is 0.969. The number of fused-ring (bicyclic) bond motifs is 1. The van der Waals surface area contributed by atoms with Gasteiger partial charge < -0.3 is 4.74 Å². The number of benzene rings is 2. The van der Waals surface area contributed by atoms with Gasteiger partial charge in [-0.15, -0.1) is 5.10 Å². The molecule has 0 radical (unpaired) electrons. The summed E-state index contributed by atoms with van der Waals surface area (Å²) in [5.41, 5.74) is 0.952. The molecule has 146 valence electrons. The third-order valence-corrected chi connectivity index (χ3v) is 5.41. The van der Waals surface area contributed by atoms with Gasteiger partial charge in [0.15, 0.2) is 6.73 Å². The number of hydrogen-bond acceptors (Lipinski definition) is 7. The van der Waals surface area contributed by atoms with Crippen molar-refractivity contribution in [3.8, 4) is 0 Å². The number of aromatic nitrogens is 3. The Balaban J connectivity index is 1.53. The number of aryl methyl sites for hydroxylation is 1. The van der Waals surface area contributed by atoms with Gasteiger partial charge in [-0.1, -0.05) is 35.0 Å². The SMILES string of the molecule is Cc1ccc(S(=O)(=O)NCCC(=O)OCn2nnc3ccccc3c2=O)cc1. The minimum Gasteiger partial charge on any atom is -0.442 e. The van der Waals surface area contributed by atoms with E-state index in [-0.39, 0.29) is 17.9 Å². The van der Waals surface area contributed by atoms with Crippen molar-refractivity contribution in [2.24, 2.45) is 0 Å². The molecule has 1 heterocycles. The number of rotatable bonds is 7. The molecule has 0 saturated carbocycles. The highest BCUT2D eigenvalue weighted by molar-refractivity contribution is 7.89. The molecule has 0 aliphatic heterocycles. The van der Waals surface area contributed by atoms with Crippen molar-refractivity contribution < 1.29 is 17.9 Å². The van der Waals surface area contributed by atoms with Crippen LogP contribution in [0.4, 0.5) is 0 Å². The molecule has 0 fully saturated rings. The second-order valence-electron chi connectivity index (χ2n) is 6.02. The Hall–Kier alpha value is -3.11. The number of sulfonamides is 1. The highest BCUT2D eigenvalue weighted by atomic mass is 32.2. The Labute approximate surface area is 161 Å². The fourth-order valence-corrected chi connectivity index (χ4v) is 3.43. The van der Waals surface area contributed by atoms with Crippen molar-refractivity contribution in [1.29, 1.82) is 0 Å². The molecule has 0 saturated heterocycles. The summed E-state index contributed by atoms with van der Waals surface area (Å²) in [4.78, 5) is 24.2. The second kappa shape index (κ2) is 8.28. The fraction of sp³-hybridized carbons (Fsp3) is 0.222. The molecule has 0 amide bonds. The standard InChI is InChI=1S/C18H18N4O5S/c1-13-6-8-14(9-7-13)28(25,26)19-11-10-17(23)27-12-22-18(24)15-4-2-3-5-16(15)20-21-22/h2-9,19H,10-12H2,1H3. The van der Waals surface area contributed by atoms with Gasteiger partial charge in [0.1, 0.15) is 5.52 Å². The lowest BCUT2D eigenvalue weighted by atomic mass is 10.2. The van der Waals surface area contributed by atoms with Gasteiger partial charge in [-0.3, -0.25) is 9.59 Å². The summed E-state index contributed by atoms with van der Waals surface area (Å²) in [6.07, 6.45) is -0.194. The van der Waals surface area contributed by atoms with E-state index in [1.54, 1.807) is 36.4 Å². The van der Waals surface area contributed by atoms with Crippen LogP contribution in [-0.2, 0) is 26.3 Å². The Kier molecular flexibility index (Phi) is 5.81. The number of carbonyl (C=O) groups is 1. The molecule has 1 N–H and O–H groups in total. The van der Waals surface area contributed by atoms with Crippen LogP contribution in [0.2, 0.25) is 0 Å². The summed E-state index contributed by atoms with van der Waals surface area (Å²) in [5.74, 6) is -0.673. The first-order chi connectivity index (χ1) is 13.4. The van der Waals surface area contributed by atoms with Crippen molar-refractivity contribution in [3.05, 3.63) is 64.4 Å².